The van der Waals surface area contributed by atoms with Gasteiger partial charge in [-0.25, -0.2) is 4.39 Å². The summed E-state index contributed by atoms with van der Waals surface area (Å²) in [5, 5.41) is 2.66. The average Bonchev–Trinajstić information content (AvgIpc) is 2.55. The molecular formula is C18H17FN2O3. The summed E-state index contributed by atoms with van der Waals surface area (Å²) in [7, 11) is 0. The Bertz CT molecular complexity index is 789. The van der Waals surface area contributed by atoms with Crippen LogP contribution in [0, 0.1) is 12.7 Å². The molecule has 0 spiro atoms. The fourth-order valence-corrected chi connectivity index (χ4v) is 2.56. The molecule has 24 heavy (non-hydrogen) atoms. The third-order valence-electron chi connectivity index (χ3n) is 3.75. The van der Waals surface area contributed by atoms with Gasteiger partial charge >= 0.3 is 0 Å². The molecule has 1 N–H and O–H groups in total. The lowest BCUT2D eigenvalue weighted by Crippen LogP contribution is -2.47. The zero-order chi connectivity index (χ0) is 17.3. The Morgan fingerprint density at radius 2 is 1.96 bits per heavy atom. The van der Waals surface area contributed by atoms with Crippen LogP contribution in [0.5, 0.6) is 5.75 Å². The summed E-state index contributed by atoms with van der Waals surface area (Å²) < 4.78 is 18.5. The van der Waals surface area contributed by atoms with Gasteiger partial charge in [0, 0.05) is 5.69 Å². The highest BCUT2D eigenvalue weighted by Gasteiger charge is 2.32. The predicted octanol–water partition coefficient (Wildman–Crippen LogP) is 2.89. The van der Waals surface area contributed by atoms with Crippen LogP contribution in [0.3, 0.4) is 0 Å². The molecule has 0 saturated carbocycles. The highest BCUT2D eigenvalue weighted by molar-refractivity contribution is 6.06. The molecule has 2 aromatic carbocycles. The smallest absolute Gasteiger partial charge is 0.268 e. The van der Waals surface area contributed by atoms with Crippen LogP contribution in [0.1, 0.15) is 12.5 Å². The molecule has 124 valence electrons. The fourth-order valence-electron chi connectivity index (χ4n) is 2.56. The van der Waals surface area contributed by atoms with E-state index in [9.17, 15) is 14.0 Å². The first kappa shape index (κ1) is 16.0. The van der Waals surface area contributed by atoms with Crippen molar-refractivity contribution in [2.45, 2.75) is 20.0 Å². The van der Waals surface area contributed by atoms with E-state index in [-0.39, 0.29) is 24.2 Å². The van der Waals surface area contributed by atoms with Crippen molar-refractivity contribution in [3.8, 4) is 5.75 Å². The van der Waals surface area contributed by atoms with Crippen molar-refractivity contribution in [3.05, 3.63) is 53.8 Å². The van der Waals surface area contributed by atoms with Crippen LogP contribution in [0.2, 0.25) is 0 Å². The molecular weight excluding hydrogens is 311 g/mol. The van der Waals surface area contributed by atoms with Crippen LogP contribution >= 0.6 is 0 Å². The largest absolute Gasteiger partial charge is 0.479 e. The van der Waals surface area contributed by atoms with Crippen molar-refractivity contribution in [2.24, 2.45) is 0 Å². The molecule has 0 unspecified atom stereocenters. The highest BCUT2D eigenvalue weighted by Crippen LogP contribution is 2.34. The Morgan fingerprint density at radius 1 is 1.25 bits per heavy atom. The number of nitrogens with one attached hydrogen (secondary N) is 1. The molecule has 5 nitrogen and oxygen atoms in total. The van der Waals surface area contributed by atoms with Gasteiger partial charge in [-0.05, 0) is 55.8 Å². The number of halogens is 1. The minimum atomic E-state index is -0.654. The maximum atomic E-state index is 12.9. The number of rotatable bonds is 3. The molecule has 0 saturated heterocycles. The van der Waals surface area contributed by atoms with E-state index >= 15 is 0 Å². The topological polar surface area (TPSA) is 58.6 Å². The second-order valence-corrected chi connectivity index (χ2v) is 5.71. The second-order valence-electron chi connectivity index (χ2n) is 5.71. The number of carbonyl (C=O) groups is 2. The zero-order valence-corrected chi connectivity index (χ0v) is 13.4. The van der Waals surface area contributed by atoms with Crippen LogP contribution in [0.4, 0.5) is 15.8 Å². The van der Waals surface area contributed by atoms with Crippen LogP contribution < -0.4 is 15.0 Å². The van der Waals surface area contributed by atoms with E-state index in [1.807, 2.05) is 19.1 Å². The summed E-state index contributed by atoms with van der Waals surface area (Å²) in [6.45, 7) is 3.41. The normalized spacial score (nSPS) is 16.4. The number of amides is 2. The number of benzene rings is 2. The van der Waals surface area contributed by atoms with Gasteiger partial charge < -0.3 is 10.1 Å². The molecule has 1 heterocycles. The number of nitrogens with zero attached hydrogens (tertiary/aromatic N) is 1. The van der Waals surface area contributed by atoms with E-state index in [4.69, 9.17) is 4.74 Å². The van der Waals surface area contributed by atoms with Crippen LogP contribution in [-0.2, 0) is 9.59 Å². The van der Waals surface area contributed by atoms with Gasteiger partial charge in [-0.15, -0.1) is 0 Å². The number of carbonyl (C=O) groups excluding carboxylic acids is 2. The molecule has 1 aliphatic heterocycles. The van der Waals surface area contributed by atoms with Crippen molar-refractivity contribution in [1.82, 2.24) is 0 Å². The number of hydrogen-bond donors (Lipinski definition) is 1. The standard InChI is InChI=1S/C18H17FN2O3/c1-11-3-8-16-15(9-11)21(18(23)12(2)24-16)10-17(22)20-14-6-4-13(19)5-7-14/h3-9,12H,10H2,1-2H3,(H,20,22)/t12-/m0/s1. The van der Waals surface area contributed by atoms with Crippen molar-refractivity contribution < 1.29 is 18.7 Å². The minimum Gasteiger partial charge on any atom is -0.479 e. The molecule has 1 aliphatic rings. The number of ether oxygens (including phenoxy) is 1. The number of fused-ring (bicyclic) bond motifs is 1. The average molecular weight is 328 g/mol. The predicted molar refractivity (Wildman–Crippen MR) is 88.7 cm³/mol. The maximum Gasteiger partial charge on any atom is 0.268 e. The monoisotopic (exact) mass is 328 g/mol. The van der Waals surface area contributed by atoms with Gasteiger partial charge in [-0.1, -0.05) is 6.07 Å². The van der Waals surface area contributed by atoms with Crippen molar-refractivity contribution in [1.29, 1.82) is 0 Å². The Labute approximate surface area is 139 Å². The van der Waals surface area contributed by atoms with Gasteiger partial charge in [0.15, 0.2) is 6.10 Å². The summed E-state index contributed by atoms with van der Waals surface area (Å²) >= 11 is 0. The van der Waals surface area contributed by atoms with Gasteiger partial charge in [-0.2, -0.15) is 0 Å². The zero-order valence-electron chi connectivity index (χ0n) is 13.4. The van der Waals surface area contributed by atoms with E-state index in [1.54, 1.807) is 13.0 Å². The van der Waals surface area contributed by atoms with Gasteiger partial charge in [0.05, 0.1) is 5.69 Å². The summed E-state index contributed by atoms with van der Waals surface area (Å²) in [6, 6.07) is 10.9. The first-order valence-corrected chi connectivity index (χ1v) is 7.58. The van der Waals surface area contributed by atoms with E-state index in [2.05, 4.69) is 5.32 Å². The quantitative estimate of drug-likeness (QED) is 0.942. The second kappa shape index (κ2) is 6.31. The van der Waals surface area contributed by atoms with Crippen molar-refractivity contribution in [3.63, 3.8) is 0 Å². The lowest BCUT2D eigenvalue weighted by Gasteiger charge is -2.32. The van der Waals surface area contributed by atoms with Crippen LogP contribution in [0.15, 0.2) is 42.5 Å². The third-order valence-corrected chi connectivity index (χ3v) is 3.75. The summed E-state index contributed by atoms with van der Waals surface area (Å²) in [6.07, 6.45) is -0.654. The minimum absolute atomic E-state index is 0.139. The van der Waals surface area contributed by atoms with Crippen LogP contribution in [0.25, 0.3) is 0 Å². The molecule has 0 bridgehead atoms. The van der Waals surface area contributed by atoms with E-state index in [1.165, 1.54) is 29.2 Å². The van der Waals surface area contributed by atoms with Gasteiger partial charge in [0.1, 0.15) is 18.1 Å². The molecule has 3 rings (SSSR count). The summed E-state index contributed by atoms with van der Waals surface area (Å²) in [5.74, 6) is -0.448. The Balaban J connectivity index is 1.80. The Morgan fingerprint density at radius 3 is 2.67 bits per heavy atom. The summed E-state index contributed by atoms with van der Waals surface area (Å²) in [5.41, 5.74) is 2.01. The molecule has 2 amide bonds. The first-order valence-electron chi connectivity index (χ1n) is 7.58. The molecule has 2 aromatic rings. The van der Waals surface area contributed by atoms with Gasteiger partial charge in [0.2, 0.25) is 5.91 Å². The lowest BCUT2D eigenvalue weighted by atomic mass is 10.1. The van der Waals surface area contributed by atoms with E-state index in [0.29, 0.717) is 17.1 Å². The Kier molecular flexibility index (Phi) is 4.20. The first-order chi connectivity index (χ1) is 11.4. The number of hydrogen-bond acceptors (Lipinski definition) is 3. The number of aryl methyl sites for hydroxylation is 1. The Hall–Kier alpha value is -2.89. The molecule has 0 fully saturated rings. The van der Waals surface area contributed by atoms with Crippen molar-refractivity contribution >= 4 is 23.2 Å². The van der Waals surface area contributed by atoms with Crippen molar-refractivity contribution in [2.75, 3.05) is 16.8 Å². The highest BCUT2D eigenvalue weighted by atomic mass is 19.1. The van der Waals surface area contributed by atoms with E-state index < -0.39 is 6.10 Å². The fraction of sp³-hybridized carbons (Fsp3) is 0.222. The van der Waals surface area contributed by atoms with E-state index in [0.717, 1.165) is 5.56 Å². The van der Waals surface area contributed by atoms with Gasteiger partial charge in [-0.3, -0.25) is 14.5 Å². The molecule has 6 heteroatoms. The SMILES string of the molecule is Cc1ccc2c(c1)N(CC(=O)Nc1ccc(F)cc1)C(=O)[C@H](C)O2. The van der Waals surface area contributed by atoms with Crippen LogP contribution in [-0.4, -0.2) is 24.5 Å². The lowest BCUT2D eigenvalue weighted by molar-refractivity contribution is -0.127. The maximum absolute atomic E-state index is 12.9. The molecule has 0 radical (unpaired) electrons. The number of anilines is 2. The summed E-state index contributed by atoms with van der Waals surface area (Å²) in [4.78, 5) is 26.1. The molecule has 1 atom stereocenters. The third kappa shape index (κ3) is 3.22. The molecule has 0 aliphatic carbocycles. The molecule has 0 aromatic heterocycles. The van der Waals surface area contributed by atoms with Gasteiger partial charge in [0.25, 0.3) is 5.91 Å².